The lowest BCUT2D eigenvalue weighted by molar-refractivity contribution is -0.131. The number of nitrogens with zero attached hydrogens (tertiary/aromatic N) is 2. The molecule has 0 spiro atoms. The number of hydrogen-bond acceptors (Lipinski definition) is 3. The van der Waals surface area contributed by atoms with Crippen LogP contribution in [0.5, 0.6) is 0 Å². The molecule has 4 nitrogen and oxygen atoms in total. The van der Waals surface area contributed by atoms with Gasteiger partial charge in [0.15, 0.2) is 5.58 Å². The molecule has 4 aromatic rings. The lowest BCUT2D eigenvalue weighted by atomic mass is 10.0. The van der Waals surface area contributed by atoms with Gasteiger partial charge in [-0.2, -0.15) is 0 Å². The minimum atomic E-state index is -0.318. The maximum Gasteiger partial charge on any atom is 0.227 e. The van der Waals surface area contributed by atoms with Gasteiger partial charge >= 0.3 is 0 Å². The van der Waals surface area contributed by atoms with E-state index in [4.69, 9.17) is 4.42 Å². The van der Waals surface area contributed by atoms with Gasteiger partial charge in [-0.3, -0.25) is 4.79 Å². The van der Waals surface area contributed by atoms with E-state index >= 15 is 0 Å². The Morgan fingerprint density at radius 3 is 2.59 bits per heavy atom. The molecule has 162 valence electrons. The number of likely N-dealkylation sites (tertiary alicyclic amines) is 1. The number of halogens is 2. The van der Waals surface area contributed by atoms with Gasteiger partial charge in [-0.1, -0.05) is 24.3 Å². The van der Waals surface area contributed by atoms with Crippen molar-refractivity contribution in [3.63, 3.8) is 0 Å². The summed E-state index contributed by atoms with van der Waals surface area (Å²) in [6.45, 7) is 2.38. The highest BCUT2D eigenvalue weighted by atomic mass is 19.1. The van der Waals surface area contributed by atoms with Crippen molar-refractivity contribution < 1.29 is 18.0 Å². The summed E-state index contributed by atoms with van der Waals surface area (Å²) in [5.41, 5.74) is 4.56. The van der Waals surface area contributed by atoms with Crippen LogP contribution in [-0.4, -0.2) is 22.3 Å². The molecule has 1 aromatic heterocycles. The first-order chi connectivity index (χ1) is 15.5. The van der Waals surface area contributed by atoms with Crippen molar-refractivity contribution >= 4 is 17.0 Å². The molecule has 0 saturated carbocycles. The minimum Gasteiger partial charge on any atom is -0.438 e. The molecule has 1 aliphatic rings. The SMILES string of the molecule is Cc1cc(-c2ccc3oc([C@H]4CCCN4C(=O)Cc4ccc(F)cc4)nc3c2)ccc1F. The Kier molecular flexibility index (Phi) is 5.21. The summed E-state index contributed by atoms with van der Waals surface area (Å²) < 4.78 is 32.8. The second-order valence-corrected chi connectivity index (χ2v) is 8.25. The van der Waals surface area contributed by atoms with Crippen LogP contribution >= 0.6 is 0 Å². The van der Waals surface area contributed by atoms with Crippen molar-refractivity contribution in [3.05, 3.63) is 89.3 Å². The summed E-state index contributed by atoms with van der Waals surface area (Å²) in [7, 11) is 0. The fourth-order valence-electron chi connectivity index (χ4n) is 4.29. The number of oxazole rings is 1. The molecule has 0 bridgehead atoms. The Morgan fingerprint density at radius 2 is 1.81 bits per heavy atom. The molecule has 3 aromatic carbocycles. The van der Waals surface area contributed by atoms with Crippen LogP contribution in [0.4, 0.5) is 8.78 Å². The Bertz CT molecular complexity index is 1300. The van der Waals surface area contributed by atoms with Crippen LogP contribution in [0.1, 0.15) is 35.9 Å². The molecule has 0 aliphatic carbocycles. The van der Waals surface area contributed by atoms with E-state index in [-0.39, 0.29) is 30.0 Å². The molecule has 0 radical (unpaired) electrons. The van der Waals surface area contributed by atoms with Crippen LogP contribution in [0.25, 0.3) is 22.2 Å². The summed E-state index contributed by atoms with van der Waals surface area (Å²) in [5.74, 6) is -0.0479. The molecule has 5 rings (SSSR count). The first-order valence-corrected chi connectivity index (χ1v) is 10.7. The van der Waals surface area contributed by atoms with Gasteiger partial charge in [0, 0.05) is 6.54 Å². The zero-order valence-corrected chi connectivity index (χ0v) is 17.6. The van der Waals surface area contributed by atoms with Gasteiger partial charge in [0.25, 0.3) is 0 Å². The molecule has 1 amide bonds. The van der Waals surface area contributed by atoms with Gasteiger partial charge in [0.1, 0.15) is 23.2 Å². The molecule has 0 unspecified atom stereocenters. The van der Waals surface area contributed by atoms with E-state index < -0.39 is 0 Å². The normalized spacial score (nSPS) is 16.1. The first-order valence-electron chi connectivity index (χ1n) is 10.7. The van der Waals surface area contributed by atoms with E-state index in [0.717, 1.165) is 29.5 Å². The van der Waals surface area contributed by atoms with Crippen molar-refractivity contribution in [2.45, 2.75) is 32.2 Å². The Morgan fingerprint density at radius 1 is 1.06 bits per heavy atom. The number of carbonyl (C=O) groups is 1. The third kappa shape index (κ3) is 3.88. The smallest absolute Gasteiger partial charge is 0.227 e. The van der Waals surface area contributed by atoms with Gasteiger partial charge in [-0.25, -0.2) is 13.8 Å². The summed E-state index contributed by atoms with van der Waals surface area (Å²) in [4.78, 5) is 19.4. The Labute approximate surface area is 184 Å². The second kappa shape index (κ2) is 8.19. The minimum absolute atomic E-state index is 0.0242. The van der Waals surface area contributed by atoms with Gasteiger partial charge in [-0.05, 0) is 78.4 Å². The molecule has 1 fully saturated rings. The lowest BCUT2D eigenvalue weighted by Gasteiger charge is -2.22. The van der Waals surface area contributed by atoms with E-state index in [1.807, 2.05) is 24.3 Å². The van der Waals surface area contributed by atoms with E-state index in [1.165, 1.54) is 18.2 Å². The first kappa shape index (κ1) is 20.4. The van der Waals surface area contributed by atoms with Gasteiger partial charge in [0.05, 0.1) is 6.42 Å². The zero-order chi connectivity index (χ0) is 22.2. The maximum atomic E-state index is 13.6. The van der Waals surface area contributed by atoms with Crippen molar-refractivity contribution in [3.8, 4) is 11.1 Å². The monoisotopic (exact) mass is 432 g/mol. The number of fused-ring (bicyclic) bond motifs is 1. The lowest BCUT2D eigenvalue weighted by Crippen LogP contribution is -2.32. The molecule has 1 atom stereocenters. The van der Waals surface area contributed by atoms with E-state index in [0.29, 0.717) is 29.1 Å². The maximum absolute atomic E-state index is 13.6. The van der Waals surface area contributed by atoms with Gasteiger partial charge < -0.3 is 9.32 Å². The van der Waals surface area contributed by atoms with Gasteiger partial charge in [0.2, 0.25) is 11.8 Å². The Balaban J connectivity index is 1.40. The second-order valence-electron chi connectivity index (χ2n) is 8.25. The number of aryl methyl sites for hydroxylation is 1. The largest absolute Gasteiger partial charge is 0.438 e. The van der Waals surface area contributed by atoms with Crippen molar-refractivity contribution in [1.82, 2.24) is 9.88 Å². The van der Waals surface area contributed by atoms with E-state index in [9.17, 15) is 13.6 Å². The number of benzene rings is 3. The summed E-state index contributed by atoms with van der Waals surface area (Å²) in [6, 6.07) is 16.5. The fraction of sp³-hybridized carbons (Fsp3) is 0.231. The molecule has 1 aliphatic heterocycles. The summed E-state index contributed by atoms with van der Waals surface area (Å²) in [5, 5.41) is 0. The number of aromatic nitrogens is 1. The number of carbonyl (C=O) groups excluding carboxylic acids is 1. The van der Waals surface area contributed by atoms with Crippen LogP contribution in [0, 0.1) is 18.6 Å². The number of amides is 1. The molecule has 0 N–H and O–H groups in total. The standard InChI is InChI=1S/C26H22F2N2O2/c1-16-13-18(6-10-21(16)28)19-7-11-24-22(15-19)29-26(32-24)23-3-2-12-30(23)25(31)14-17-4-8-20(27)9-5-17/h4-11,13,15,23H,2-3,12,14H2,1H3/t23-/m1/s1. The van der Waals surface area contributed by atoms with Crippen LogP contribution < -0.4 is 0 Å². The number of hydrogen-bond donors (Lipinski definition) is 0. The van der Waals surface area contributed by atoms with Crippen LogP contribution in [-0.2, 0) is 11.2 Å². The summed E-state index contributed by atoms with van der Waals surface area (Å²) in [6.07, 6.45) is 1.87. The molecule has 1 saturated heterocycles. The Hall–Kier alpha value is -3.54. The molecule has 6 heteroatoms. The summed E-state index contributed by atoms with van der Waals surface area (Å²) >= 11 is 0. The number of rotatable bonds is 4. The molecule has 32 heavy (non-hydrogen) atoms. The predicted molar refractivity (Wildman–Crippen MR) is 118 cm³/mol. The third-order valence-electron chi connectivity index (χ3n) is 6.02. The van der Waals surface area contributed by atoms with Crippen LogP contribution in [0.2, 0.25) is 0 Å². The quantitative estimate of drug-likeness (QED) is 0.398. The van der Waals surface area contributed by atoms with Crippen molar-refractivity contribution in [1.29, 1.82) is 0 Å². The fourth-order valence-corrected chi connectivity index (χ4v) is 4.29. The third-order valence-corrected chi connectivity index (χ3v) is 6.02. The average molecular weight is 432 g/mol. The molecule has 2 heterocycles. The highest BCUT2D eigenvalue weighted by molar-refractivity contribution is 5.81. The average Bonchev–Trinajstić information content (AvgIpc) is 3.43. The van der Waals surface area contributed by atoms with Crippen molar-refractivity contribution in [2.75, 3.05) is 6.54 Å². The van der Waals surface area contributed by atoms with Crippen LogP contribution in [0.3, 0.4) is 0 Å². The molecular weight excluding hydrogens is 410 g/mol. The zero-order valence-electron chi connectivity index (χ0n) is 17.6. The van der Waals surface area contributed by atoms with E-state index in [2.05, 4.69) is 4.98 Å². The van der Waals surface area contributed by atoms with Crippen LogP contribution in [0.15, 0.2) is 65.1 Å². The van der Waals surface area contributed by atoms with Crippen molar-refractivity contribution in [2.24, 2.45) is 0 Å². The van der Waals surface area contributed by atoms with Gasteiger partial charge in [-0.15, -0.1) is 0 Å². The molecular formula is C26H22F2N2O2. The van der Waals surface area contributed by atoms with E-state index in [1.54, 1.807) is 30.0 Å². The topological polar surface area (TPSA) is 46.3 Å². The predicted octanol–water partition coefficient (Wildman–Crippen LogP) is 5.99. The highest BCUT2D eigenvalue weighted by Crippen LogP contribution is 2.35. The highest BCUT2D eigenvalue weighted by Gasteiger charge is 2.33.